The summed E-state index contributed by atoms with van der Waals surface area (Å²) in [5.74, 6) is -0.169. The number of hydrogen-bond acceptors (Lipinski definition) is 6. The summed E-state index contributed by atoms with van der Waals surface area (Å²) in [6.45, 7) is 0.948. The summed E-state index contributed by atoms with van der Waals surface area (Å²) >= 11 is 1.44. The smallest absolute Gasteiger partial charge is 0.259 e. The number of carbonyl (C=O) groups excluding carboxylic acids is 2. The van der Waals surface area contributed by atoms with Gasteiger partial charge in [-0.3, -0.25) is 14.5 Å². The Morgan fingerprint density at radius 1 is 1.09 bits per heavy atom. The molecule has 2 saturated heterocycles. The number of carbonyl (C=O) groups is 2. The highest BCUT2D eigenvalue weighted by molar-refractivity contribution is 8.02. The molecule has 33 heavy (non-hydrogen) atoms. The van der Waals surface area contributed by atoms with Crippen molar-refractivity contribution in [2.75, 3.05) is 31.1 Å². The van der Waals surface area contributed by atoms with Crippen molar-refractivity contribution in [1.29, 1.82) is 0 Å². The molecule has 0 spiro atoms. The van der Waals surface area contributed by atoms with Crippen molar-refractivity contribution in [3.8, 4) is 0 Å². The first-order valence-corrected chi connectivity index (χ1v) is 13.0. The van der Waals surface area contributed by atoms with Crippen molar-refractivity contribution in [3.05, 3.63) is 48.8 Å². The molecular formula is C22H21N5O4S2. The molecule has 1 atom stereocenters. The summed E-state index contributed by atoms with van der Waals surface area (Å²) in [6, 6.07) is 11.0. The molecule has 0 bridgehead atoms. The summed E-state index contributed by atoms with van der Waals surface area (Å²) in [5, 5.41) is 0.551. The third-order valence-corrected chi connectivity index (χ3v) is 9.97. The van der Waals surface area contributed by atoms with Gasteiger partial charge < -0.3 is 9.88 Å². The zero-order chi connectivity index (χ0) is 22.8. The number of amides is 2. The Morgan fingerprint density at radius 2 is 1.88 bits per heavy atom. The van der Waals surface area contributed by atoms with Gasteiger partial charge in [-0.25, -0.2) is 13.4 Å². The van der Waals surface area contributed by atoms with Crippen molar-refractivity contribution in [2.24, 2.45) is 0 Å². The molecule has 6 rings (SSSR count). The van der Waals surface area contributed by atoms with E-state index in [1.807, 2.05) is 24.3 Å². The lowest BCUT2D eigenvalue weighted by Gasteiger charge is -2.39. The second-order valence-corrected chi connectivity index (χ2v) is 11.6. The van der Waals surface area contributed by atoms with E-state index in [1.54, 1.807) is 28.1 Å². The molecule has 2 fully saturated rings. The van der Waals surface area contributed by atoms with Crippen molar-refractivity contribution < 1.29 is 18.0 Å². The van der Waals surface area contributed by atoms with Gasteiger partial charge in [0.2, 0.25) is 15.9 Å². The number of thioether (sulfide) groups is 1. The quantitative estimate of drug-likeness (QED) is 0.611. The molecule has 11 heteroatoms. The van der Waals surface area contributed by atoms with Gasteiger partial charge in [-0.1, -0.05) is 23.9 Å². The van der Waals surface area contributed by atoms with Crippen LogP contribution in [0, 0.1) is 0 Å². The molecule has 3 aliphatic rings. The number of aromatic nitrogens is 2. The first kappa shape index (κ1) is 20.7. The molecule has 0 saturated carbocycles. The van der Waals surface area contributed by atoms with Crippen LogP contribution in [0.3, 0.4) is 0 Å². The van der Waals surface area contributed by atoms with Gasteiger partial charge in [0.1, 0.15) is 10.5 Å². The number of para-hydroxylation sites is 1. The second kappa shape index (κ2) is 7.31. The summed E-state index contributed by atoms with van der Waals surface area (Å²) in [4.78, 5) is 37.0. The molecule has 1 unspecified atom stereocenters. The van der Waals surface area contributed by atoms with E-state index in [-0.39, 0.29) is 42.9 Å². The van der Waals surface area contributed by atoms with Crippen LogP contribution >= 0.6 is 11.8 Å². The van der Waals surface area contributed by atoms with Crippen molar-refractivity contribution >= 4 is 50.3 Å². The summed E-state index contributed by atoms with van der Waals surface area (Å²) in [7, 11) is -3.73. The normalized spacial score (nSPS) is 23.2. The minimum Gasteiger partial charge on any atom is -0.345 e. The highest BCUT2D eigenvalue weighted by Crippen LogP contribution is 2.56. The molecule has 5 heterocycles. The van der Waals surface area contributed by atoms with Crippen LogP contribution in [0.1, 0.15) is 12.8 Å². The van der Waals surface area contributed by atoms with Crippen LogP contribution in [0.15, 0.2) is 58.6 Å². The Hall–Kier alpha value is -2.89. The molecule has 2 aromatic heterocycles. The SMILES string of the molecule is O=C1CCC2(C(=O)N3CCN(S(=O)(=O)c4c[nH]c5ncccc45)CC3)Sc3ccccc3N12. The van der Waals surface area contributed by atoms with Gasteiger partial charge in [-0.2, -0.15) is 4.31 Å². The van der Waals surface area contributed by atoms with E-state index in [2.05, 4.69) is 9.97 Å². The Kier molecular flexibility index (Phi) is 4.58. The Labute approximate surface area is 194 Å². The number of pyridine rings is 1. The van der Waals surface area contributed by atoms with Crippen LogP contribution in [-0.2, 0) is 19.6 Å². The van der Waals surface area contributed by atoms with E-state index in [9.17, 15) is 18.0 Å². The first-order valence-electron chi connectivity index (χ1n) is 10.7. The van der Waals surface area contributed by atoms with Gasteiger partial charge >= 0.3 is 0 Å². The molecule has 3 aromatic rings. The molecule has 170 valence electrons. The average molecular weight is 484 g/mol. The lowest BCUT2D eigenvalue weighted by atomic mass is 10.1. The number of anilines is 1. The Balaban J connectivity index is 1.23. The van der Waals surface area contributed by atoms with E-state index in [0.717, 1.165) is 10.6 Å². The van der Waals surface area contributed by atoms with E-state index < -0.39 is 14.9 Å². The number of benzene rings is 1. The highest BCUT2D eigenvalue weighted by atomic mass is 32.2. The molecular weight excluding hydrogens is 462 g/mol. The maximum absolute atomic E-state index is 13.7. The maximum Gasteiger partial charge on any atom is 0.259 e. The maximum atomic E-state index is 13.7. The van der Waals surface area contributed by atoms with E-state index in [1.165, 1.54) is 22.3 Å². The number of sulfonamides is 1. The fourth-order valence-electron chi connectivity index (χ4n) is 4.95. The van der Waals surface area contributed by atoms with E-state index in [0.29, 0.717) is 23.9 Å². The number of hydrogen-bond donors (Lipinski definition) is 1. The predicted octanol–water partition coefficient (Wildman–Crippen LogP) is 2.02. The third-order valence-electron chi connectivity index (χ3n) is 6.56. The third kappa shape index (κ3) is 2.95. The molecule has 0 radical (unpaired) electrons. The topological polar surface area (TPSA) is 107 Å². The van der Waals surface area contributed by atoms with Crippen molar-refractivity contribution in [2.45, 2.75) is 27.5 Å². The number of nitrogens with one attached hydrogen (secondary N) is 1. The standard InChI is InChI=1S/C22H21N5O4S2/c28-19-7-8-22(27(19)16-5-1-2-6-17(16)32-22)21(29)25-10-12-26(13-11-25)33(30,31)18-14-24-20-15(18)4-3-9-23-20/h1-6,9,14H,7-8,10-13H2,(H,23,24). The number of rotatable bonds is 3. The number of nitrogens with zero attached hydrogens (tertiary/aromatic N) is 4. The van der Waals surface area contributed by atoms with Gasteiger partial charge in [0, 0.05) is 55.3 Å². The van der Waals surface area contributed by atoms with Crippen LogP contribution in [0.5, 0.6) is 0 Å². The van der Waals surface area contributed by atoms with Crippen LogP contribution < -0.4 is 4.90 Å². The van der Waals surface area contributed by atoms with Crippen LogP contribution in [0.25, 0.3) is 11.0 Å². The molecule has 1 N–H and O–H groups in total. The lowest BCUT2D eigenvalue weighted by Crippen LogP contribution is -2.58. The fraction of sp³-hybridized carbons (Fsp3) is 0.318. The highest BCUT2D eigenvalue weighted by Gasteiger charge is 2.58. The number of piperazine rings is 1. The van der Waals surface area contributed by atoms with E-state index >= 15 is 0 Å². The van der Waals surface area contributed by atoms with Gasteiger partial charge in [0.05, 0.1) is 5.69 Å². The van der Waals surface area contributed by atoms with Crippen LogP contribution in [0.4, 0.5) is 5.69 Å². The van der Waals surface area contributed by atoms with Gasteiger partial charge in [0.15, 0.2) is 4.87 Å². The van der Waals surface area contributed by atoms with Crippen LogP contribution in [-0.4, -0.2) is 70.5 Å². The van der Waals surface area contributed by atoms with Gasteiger partial charge in [-0.15, -0.1) is 0 Å². The van der Waals surface area contributed by atoms with Crippen molar-refractivity contribution in [1.82, 2.24) is 19.2 Å². The second-order valence-electron chi connectivity index (χ2n) is 8.33. The molecule has 2 amide bonds. The minimum absolute atomic E-state index is 0.0463. The average Bonchev–Trinajstić information content (AvgIpc) is 3.51. The zero-order valence-corrected chi connectivity index (χ0v) is 19.2. The summed E-state index contributed by atoms with van der Waals surface area (Å²) < 4.78 is 28.0. The first-order chi connectivity index (χ1) is 15.9. The van der Waals surface area contributed by atoms with Crippen molar-refractivity contribution in [3.63, 3.8) is 0 Å². The minimum atomic E-state index is -3.73. The van der Waals surface area contributed by atoms with E-state index in [4.69, 9.17) is 0 Å². The number of fused-ring (bicyclic) bond motifs is 4. The molecule has 9 nitrogen and oxygen atoms in total. The predicted molar refractivity (Wildman–Crippen MR) is 123 cm³/mol. The largest absolute Gasteiger partial charge is 0.345 e. The fourth-order valence-corrected chi connectivity index (χ4v) is 8.00. The molecule has 0 aliphatic carbocycles. The molecule has 1 aromatic carbocycles. The number of aromatic amines is 1. The Bertz CT molecular complexity index is 1400. The van der Waals surface area contributed by atoms with Crippen LogP contribution in [0.2, 0.25) is 0 Å². The van der Waals surface area contributed by atoms with Gasteiger partial charge in [0.25, 0.3) is 5.91 Å². The number of H-pyrrole nitrogens is 1. The zero-order valence-electron chi connectivity index (χ0n) is 17.6. The Morgan fingerprint density at radius 3 is 2.70 bits per heavy atom. The molecule has 3 aliphatic heterocycles. The monoisotopic (exact) mass is 483 g/mol. The lowest BCUT2D eigenvalue weighted by molar-refractivity contribution is -0.135. The summed E-state index contributed by atoms with van der Waals surface area (Å²) in [5.41, 5.74) is 1.31. The summed E-state index contributed by atoms with van der Waals surface area (Å²) in [6.07, 6.45) is 3.86. The van der Waals surface area contributed by atoms with Gasteiger partial charge in [-0.05, 0) is 30.7 Å².